The zero-order valence-electron chi connectivity index (χ0n) is 17.4. The van der Waals surface area contributed by atoms with Crippen LogP contribution < -0.4 is 10.1 Å². The number of aryl methyl sites for hydroxylation is 2. The van der Waals surface area contributed by atoms with Gasteiger partial charge in [0.1, 0.15) is 18.2 Å². The van der Waals surface area contributed by atoms with E-state index < -0.39 is 11.6 Å². The van der Waals surface area contributed by atoms with Gasteiger partial charge in [0.05, 0.1) is 6.54 Å². The molecule has 1 atom stereocenters. The molecule has 1 heterocycles. The molecule has 5 nitrogen and oxygen atoms in total. The van der Waals surface area contributed by atoms with E-state index in [0.717, 1.165) is 11.1 Å². The normalized spacial score (nSPS) is 18.2. The van der Waals surface area contributed by atoms with Crippen LogP contribution in [0.15, 0.2) is 72.8 Å². The summed E-state index contributed by atoms with van der Waals surface area (Å²) < 4.78 is 18.7. The third kappa shape index (κ3) is 3.77. The Labute approximate surface area is 180 Å². The largest absolute Gasteiger partial charge is 0.492 e. The molecule has 0 aliphatic carbocycles. The second kappa shape index (κ2) is 8.22. The maximum absolute atomic E-state index is 13.7. The number of benzene rings is 3. The van der Waals surface area contributed by atoms with Crippen molar-refractivity contribution < 1.29 is 18.7 Å². The molecule has 0 aromatic heterocycles. The summed E-state index contributed by atoms with van der Waals surface area (Å²) in [5.74, 6) is -0.242. The Bertz CT molecular complexity index is 1120. The molecule has 3 aromatic rings. The van der Waals surface area contributed by atoms with Crippen LogP contribution in [0.3, 0.4) is 0 Å². The van der Waals surface area contributed by atoms with Crippen molar-refractivity contribution in [1.82, 2.24) is 10.2 Å². The number of ether oxygens (including phenoxy) is 1. The number of hydrogen-bond acceptors (Lipinski definition) is 3. The molecule has 6 heteroatoms. The number of imide groups is 1. The molecule has 1 aliphatic rings. The molecule has 1 saturated heterocycles. The van der Waals surface area contributed by atoms with Crippen molar-refractivity contribution in [3.63, 3.8) is 0 Å². The summed E-state index contributed by atoms with van der Waals surface area (Å²) in [6, 6.07) is 20.1. The minimum atomic E-state index is -1.30. The highest BCUT2D eigenvalue weighted by atomic mass is 19.1. The maximum Gasteiger partial charge on any atom is 0.325 e. The third-order valence-corrected chi connectivity index (χ3v) is 5.65. The van der Waals surface area contributed by atoms with Crippen LogP contribution >= 0.6 is 0 Å². The van der Waals surface area contributed by atoms with Crippen LogP contribution in [-0.2, 0) is 10.3 Å². The van der Waals surface area contributed by atoms with Crippen LogP contribution in [0.2, 0.25) is 0 Å². The van der Waals surface area contributed by atoms with Crippen molar-refractivity contribution in [2.24, 2.45) is 0 Å². The fourth-order valence-corrected chi connectivity index (χ4v) is 3.79. The molecule has 31 heavy (non-hydrogen) atoms. The number of urea groups is 1. The van der Waals surface area contributed by atoms with Crippen molar-refractivity contribution in [2.45, 2.75) is 19.4 Å². The fraction of sp³-hybridized carbons (Fsp3) is 0.200. The van der Waals surface area contributed by atoms with Gasteiger partial charge in [-0.3, -0.25) is 9.69 Å². The van der Waals surface area contributed by atoms with Gasteiger partial charge in [0.15, 0.2) is 5.54 Å². The second-order valence-electron chi connectivity index (χ2n) is 7.60. The standard InChI is InChI=1S/C25H23FN2O3/c1-17-8-9-20(16-18(17)2)25(19-6-4-3-5-7-19)23(29)28(24(30)27-25)14-15-31-22-12-10-21(26)11-13-22/h3-13,16H,14-15H2,1-2H3,(H,27,30). The summed E-state index contributed by atoms with van der Waals surface area (Å²) >= 11 is 0. The zero-order valence-corrected chi connectivity index (χ0v) is 17.4. The molecule has 0 spiro atoms. The second-order valence-corrected chi connectivity index (χ2v) is 7.60. The van der Waals surface area contributed by atoms with Crippen molar-refractivity contribution in [3.8, 4) is 5.75 Å². The van der Waals surface area contributed by atoms with Gasteiger partial charge in [-0.2, -0.15) is 0 Å². The summed E-state index contributed by atoms with van der Waals surface area (Å²) in [5.41, 5.74) is 2.24. The Morgan fingerprint density at radius 1 is 0.903 bits per heavy atom. The molecular weight excluding hydrogens is 395 g/mol. The van der Waals surface area contributed by atoms with E-state index in [0.29, 0.717) is 16.9 Å². The molecule has 4 rings (SSSR count). The molecule has 158 valence electrons. The lowest BCUT2D eigenvalue weighted by molar-refractivity contribution is -0.130. The van der Waals surface area contributed by atoms with Gasteiger partial charge in [0.25, 0.3) is 5.91 Å². The van der Waals surface area contributed by atoms with E-state index >= 15 is 0 Å². The van der Waals surface area contributed by atoms with Crippen molar-refractivity contribution in [1.29, 1.82) is 0 Å². The van der Waals surface area contributed by atoms with Crippen molar-refractivity contribution >= 4 is 11.9 Å². The van der Waals surface area contributed by atoms with Gasteiger partial charge in [-0.1, -0.05) is 48.5 Å². The van der Waals surface area contributed by atoms with E-state index in [1.54, 1.807) is 0 Å². The lowest BCUT2D eigenvalue weighted by Crippen LogP contribution is -2.45. The minimum absolute atomic E-state index is 0.0709. The smallest absolute Gasteiger partial charge is 0.325 e. The first-order valence-electron chi connectivity index (χ1n) is 10.1. The number of carbonyl (C=O) groups is 2. The molecule has 0 saturated carbocycles. The Morgan fingerprint density at radius 3 is 2.29 bits per heavy atom. The topological polar surface area (TPSA) is 58.6 Å². The summed E-state index contributed by atoms with van der Waals surface area (Å²) in [7, 11) is 0. The third-order valence-electron chi connectivity index (χ3n) is 5.65. The van der Waals surface area contributed by atoms with E-state index in [4.69, 9.17) is 4.74 Å². The number of rotatable bonds is 6. The van der Waals surface area contributed by atoms with Crippen LogP contribution in [0.5, 0.6) is 5.75 Å². The molecule has 3 aromatic carbocycles. The summed E-state index contributed by atoms with van der Waals surface area (Å²) in [6.45, 7) is 4.15. The lowest BCUT2D eigenvalue weighted by atomic mass is 9.81. The van der Waals surface area contributed by atoms with E-state index in [2.05, 4.69) is 5.32 Å². The lowest BCUT2D eigenvalue weighted by Gasteiger charge is -2.28. The first-order chi connectivity index (χ1) is 14.9. The monoisotopic (exact) mass is 418 g/mol. The number of hydrogen-bond donors (Lipinski definition) is 1. The van der Waals surface area contributed by atoms with Gasteiger partial charge in [-0.25, -0.2) is 9.18 Å². The Hall–Kier alpha value is -3.67. The number of amides is 3. The molecule has 1 aliphatic heterocycles. The van der Waals surface area contributed by atoms with Gasteiger partial charge >= 0.3 is 6.03 Å². The number of nitrogens with one attached hydrogen (secondary N) is 1. The van der Waals surface area contributed by atoms with Gasteiger partial charge in [0, 0.05) is 0 Å². The van der Waals surface area contributed by atoms with Crippen LogP contribution in [0.4, 0.5) is 9.18 Å². The van der Waals surface area contributed by atoms with Crippen LogP contribution in [0.1, 0.15) is 22.3 Å². The molecule has 1 unspecified atom stereocenters. The van der Waals surface area contributed by atoms with Crippen LogP contribution in [-0.4, -0.2) is 30.0 Å². The first kappa shape index (κ1) is 20.6. The van der Waals surface area contributed by atoms with Gasteiger partial charge in [-0.05, 0) is 60.4 Å². The van der Waals surface area contributed by atoms with Crippen LogP contribution in [0, 0.1) is 19.7 Å². The summed E-state index contributed by atoms with van der Waals surface area (Å²) in [4.78, 5) is 27.7. The average molecular weight is 418 g/mol. The average Bonchev–Trinajstić information content (AvgIpc) is 3.03. The fourth-order valence-electron chi connectivity index (χ4n) is 3.79. The SMILES string of the molecule is Cc1ccc(C2(c3ccccc3)NC(=O)N(CCOc3ccc(F)cc3)C2=O)cc1C. The molecule has 0 radical (unpaired) electrons. The molecule has 1 fully saturated rings. The van der Waals surface area contributed by atoms with Gasteiger partial charge in [-0.15, -0.1) is 0 Å². The minimum Gasteiger partial charge on any atom is -0.492 e. The summed E-state index contributed by atoms with van der Waals surface area (Å²) in [6.07, 6.45) is 0. The van der Waals surface area contributed by atoms with E-state index in [9.17, 15) is 14.0 Å². The zero-order chi connectivity index (χ0) is 22.0. The summed E-state index contributed by atoms with van der Waals surface area (Å²) in [5, 5.41) is 2.93. The van der Waals surface area contributed by atoms with Crippen molar-refractivity contribution in [3.05, 3.63) is 101 Å². The highest BCUT2D eigenvalue weighted by Gasteiger charge is 2.53. The predicted molar refractivity (Wildman–Crippen MR) is 115 cm³/mol. The number of carbonyl (C=O) groups excluding carboxylic acids is 2. The first-order valence-corrected chi connectivity index (χ1v) is 10.1. The number of halogens is 1. The Morgan fingerprint density at radius 2 is 1.61 bits per heavy atom. The van der Waals surface area contributed by atoms with E-state index in [1.807, 2.05) is 62.4 Å². The number of nitrogens with zero attached hydrogens (tertiary/aromatic N) is 1. The highest BCUT2D eigenvalue weighted by molar-refractivity contribution is 6.09. The molecule has 3 amide bonds. The Balaban J connectivity index is 1.63. The van der Waals surface area contributed by atoms with E-state index in [-0.39, 0.29) is 24.9 Å². The molecule has 1 N–H and O–H groups in total. The highest BCUT2D eigenvalue weighted by Crippen LogP contribution is 2.36. The van der Waals surface area contributed by atoms with Gasteiger partial charge < -0.3 is 10.1 Å². The van der Waals surface area contributed by atoms with Gasteiger partial charge in [0.2, 0.25) is 0 Å². The predicted octanol–water partition coefficient (Wildman–Crippen LogP) is 4.32. The quantitative estimate of drug-likeness (QED) is 0.607. The van der Waals surface area contributed by atoms with E-state index in [1.165, 1.54) is 29.2 Å². The van der Waals surface area contributed by atoms with Crippen molar-refractivity contribution in [2.75, 3.05) is 13.2 Å². The maximum atomic E-state index is 13.7. The Kier molecular flexibility index (Phi) is 5.46. The van der Waals surface area contributed by atoms with Crippen LogP contribution in [0.25, 0.3) is 0 Å². The molecule has 0 bridgehead atoms. The molecular formula is C25H23FN2O3.